The van der Waals surface area contributed by atoms with Gasteiger partial charge < -0.3 is 8.94 Å². The molecule has 0 aromatic carbocycles. The van der Waals surface area contributed by atoms with Crippen molar-refractivity contribution in [2.75, 3.05) is 18.6 Å². The van der Waals surface area contributed by atoms with Crippen LogP contribution in [0.3, 0.4) is 0 Å². The molecule has 0 fully saturated rings. The molecule has 116 valence electrons. The lowest BCUT2D eigenvalue weighted by molar-refractivity contribution is 0.196. The zero-order valence-electron chi connectivity index (χ0n) is 12.3. The number of sulfone groups is 1. The fraction of sp³-hybridized carbons (Fsp3) is 0.538. The molecule has 0 spiro atoms. The van der Waals surface area contributed by atoms with Gasteiger partial charge in [-0.1, -0.05) is 12.1 Å². The summed E-state index contributed by atoms with van der Waals surface area (Å²) in [6.45, 7) is 4.95. The van der Waals surface area contributed by atoms with Gasteiger partial charge in [0.2, 0.25) is 11.7 Å². The van der Waals surface area contributed by atoms with E-state index in [4.69, 9.17) is 8.94 Å². The van der Waals surface area contributed by atoms with E-state index in [1.54, 1.807) is 12.3 Å². The van der Waals surface area contributed by atoms with E-state index >= 15 is 0 Å². The Morgan fingerprint density at radius 2 is 2.19 bits per heavy atom. The van der Waals surface area contributed by atoms with Crippen molar-refractivity contribution in [2.45, 2.75) is 26.4 Å². The molecule has 2 aromatic rings. The van der Waals surface area contributed by atoms with Gasteiger partial charge in [-0.05, 0) is 19.5 Å². The van der Waals surface area contributed by atoms with Crippen LogP contribution in [-0.4, -0.2) is 48.1 Å². The molecular weight excluding hydrogens is 294 g/mol. The Hall–Kier alpha value is -1.67. The quantitative estimate of drug-likeness (QED) is 0.766. The fourth-order valence-corrected chi connectivity index (χ4v) is 3.21. The number of nitrogens with zero attached hydrogens (tertiary/aromatic N) is 3. The highest BCUT2D eigenvalue weighted by atomic mass is 32.2. The molecule has 2 heterocycles. The highest BCUT2D eigenvalue weighted by Crippen LogP contribution is 2.17. The maximum absolute atomic E-state index is 11.4. The molecule has 0 radical (unpaired) electrons. The Bertz CT molecular complexity index is 663. The van der Waals surface area contributed by atoms with Crippen LogP contribution in [0.5, 0.6) is 0 Å². The van der Waals surface area contributed by atoms with E-state index in [9.17, 15) is 8.42 Å². The van der Waals surface area contributed by atoms with Gasteiger partial charge in [0, 0.05) is 12.3 Å². The maximum Gasteiger partial charge on any atom is 0.241 e. The molecule has 0 aliphatic carbocycles. The van der Waals surface area contributed by atoms with Gasteiger partial charge in [0.05, 0.1) is 24.1 Å². The highest BCUT2D eigenvalue weighted by molar-refractivity contribution is 7.90. The van der Waals surface area contributed by atoms with E-state index in [1.807, 2.05) is 18.7 Å². The van der Waals surface area contributed by atoms with Crippen LogP contribution in [0, 0.1) is 0 Å². The molecule has 1 atom stereocenters. The first-order chi connectivity index (χ1) is 9.89. The first-order valence-electron chi connectivity index (χ1n) is 6.66. The minimum absolute atomic E-state index is 0.101. The average molecular weight is 313 g/mol. The SMILES string of the molecule is CCN(Cc1nc(-c2ccoc2)no1)C(C)CS(C)(=O)=O. The van der Waals surface area contributed by atoms with Gasteiger partial charge in [0.15, 0.2) is 0 Å². The molecule has 0 amide bonds. The second-order valence-electron chi connectivity index (χ2n) is 5.03. The number of furan rings is 1. The number of rotatable bonds is 7. The van der Waals surface area contributed by atoms with Gasteiger partial charge in [-0.15, -0.1) is 0 Å². The smallest absolute Gasteiger partial charge is 0.241 e. The summed E-state index contributed by atoms with van der Waals surface area (Å²) in [5.41, 5.74) is 0.747. The van der Waals surface area contributed by atoms with E-state index in [2.05, 4.69) is 10.1 Å². The molecule has 0 aliphatic rings. The van der Waals surface area contributed by atoms with Crippen LogP contribution in [0.1, 0.15) is 19.7 Å². The lowest BCUT2D eigenvalue weighted by atomic mass is 10.3. The van der Waals surface area contributed by atoms with E-state index < -0.39 is 9.84 Å². The van der Waals surface area contributed by atoms with Crippen molar-refractivity contribution in [3.8, 4) is 11.4 Å². The van der Waals surface area contributed by atoms with Gasteiger partial charge in [0.25, 0.3) is 0 Å². The average Bonchev–Trinajstić information content (AvgIpc) is 3.04. The lowest BCUT2D eigenvalue weighted by Crippen LogP contribution is -2.37. The molecule has 0 N–H and O–H groups in total. The largest absolute Gasteiger partial charge is 0.472 e. The molecule has 8 heteroatoms. The Morgan fingerprint density at radius 1 is 1.43 bits per heavy atom. The van der Waals surface area contributed by atoms with Crippen molar-refractivity contribution in [1.29, 1.82) is 0 Å². The van der Waals surface area contributed by atoms with E-state index in [1.165, 1.54) is 12.5 Å². The molecule has 2 aromatic heterocycles. The first kappa shape index (κ1) is 15.7. The topological polar surface area (TPSA) is 89.4 Å². The molecule has 0 bridgehead atoms. The van der Waals surface area contributed by atoms with Gasteiger partial charge in [-0.3, -0.25) is 4.90 Å². The molecule has 2 rings (SSSR count). The fourth-order valence-electron chi connectivity index (χ4n) is 2.12. The van der Waals surface area contributed by atoms with Crippen LogP contribution in [0.2, 0.25) is 0 Å². The summed E-state index contributed by atoms with van der Waals surface area (Å²) in [5.74, 6) is 1.02. The minimum atomic E-state index is -3.02. The van der Waals surface area contributed by atoms with Crippen molar-refractivity contribution in [3.63, 3.8) is 0 Å². The lowest BCUT2D eigenvalue weighted by Gasteiger charge is -2.25. The standard InChI is InChI=1S/C13H19N3O4S/c1-4-16(10(2)9-21(3,17)18)7-12-14-13(15-20-12)11-5-6-19-8-11/h5-6,8,10H,4,7,9H2,1-3H3. The third-order valence-electron chi connectivity index (χ3n) is 3.16. The highest BCUT2D eigenvalue weighted by Gasteiger charge is 2.20. The van der Waals surface area contributed by atoms with Crippen LogP contribution < -0.4 is 0 Å². The number of aromatic nitrogens is 2. The second-order valence-corrected chi connectivity index (χ2v) is 7.21. The molecule has 0 saturated carbocycles. The second kappa shape index (κ2) is 6.40. The molecule has 7 nitrogen and oxygen atoms in total. The minimum Gasteiger partial charge on any atom is -0.472 e. The molecule has 0 saturated heterocycles. The van der Waals surface area contributed by atoms with Crippen LogP contribution in [0.25, 0.3) is 11.4 Å². The van der Waals surface area contributed by atoms with Crippen molar-refractivity contribution in [1.82, 2.24) is 15.0 Å². The summed E-state index contributed by atoms with van der Waals surface area (Å²) in [4.78, 5) is 6.27. The summed E-state index contributed by atoms with van der Waals surface area (Å²) in [7, 11) is -3.02. The van der Waals surface area contributed by atoms with Crippen molar-refractivity contribution < 1.29 is 17.4 Å². The Labute approximate surface area is 123 Å². The monoisotopic (exact) mass is 313 g/mol. The number of hydrogen-bond donors (Lipinski definition) is 0. The molecule has 21 heavy (non-hydrogen) atoms. The van der Waals surface area contributed by atoms with Crippen LogP contribution in [-0.2, 0) is 16.4 Å². The normalized spacial score (nSPS) is 13.7. The Balaban J connectivity index is 2.05. The zero-order chi connectivity index (χ0) is 15.5. The van der Waals surface area contributed by atoms with Gasteiger partial charge >= 0.3 is 0 Å². The molecular formula is C13H19N3O4S. The zero-order valence-corrected chi connectivity index (χ0v) is 13.1. The summed E-state index contributed by atoms with van der Waals surface area (Å²) >= 11 is 0. The van der Waals surface area contributed by atoms with Crippen molar-refractivity contribution >= 4 is 9.84 Å². The van der Waals surface area contributed by atoms with Gasteiger partial charge in [-0.25, -0.2) is 8.42 Å². The maximum atomic E-state index is 11.4. The van der Waals surface area contributed by atoms with Crippen LogP contribution in [0.15, 0.2) is 27.5 Å². The predicted octanol–water partition coefficient (Wildman–Crippen LogP) is 1.58. The summed E-state index contributed by atoms with van der Waals surface area (Å²) in [5, 5.41) is 3.89. The van der Waals surface area contributed by atoms with E-state index in [-0.39, 0.29) is 11.8 Å². The van der Waals surface area contributed by atoms with Crippen molar-refractivity contribution in [3.05, 3.63) is 24.5 Å². The van der Waals surface area contributed by atoms with Gasteiger partial charge in [0.1, 0.15) is 16.1 Å². The summed E-state index contributed by atoms with van der Waals surface area (Å²) in [6.07, 6.45) is 4.32. The third-order valence-corrected chi connectivity index (χ3v) is 4.25. The third kappa shape index (κ3) is 4.40. The van der Waals surface area contributed by atoms with Gasteiger partial charge in [-0.2, -0.15) is 4.98 Å². The van der Waals surface area contributed by atoms with Crippen molar-refractivity contribution in [2.24, 2.45) is 0 Å². The summed E-state index contributed by atoms with van der Waals surface area (Å²) in [6, 6.07) is 1.63. The Morgan fingerprint density at radius 3 is 2.76 bits per heavy atom. The Kier molecular flexibility index (Phi) is 4.79. The van der Waals surface area contributed by atoms with Crippen LogP contribution >= 0.6 is 0 Å². The predicted molar refractivity (Wildman–Crippen MR) is 77.3 cm³/mol. The molecule has 1 unspecified atom stereocenters. The summed E-state index contributed by atoms with van der Waals surface area (Å²) < 4.78 is 33.0. The van der Waals surface area contributed by atoms with Crippen LogP contribution in [0.4, 0.5) is 0 Å². The molecule has 0 aliphatic heterocycles. The number of hydrogen-bond acceptors (Lipinski definition) is 7. The van der Waals surface area contributed by atoms with E-state index in [0.29, 0.717) is 24.8 Å². The first-order valence-corrected chi connectivity index (χ1v) is 8.72. The van der Waals surface area contributed by atoms with E-state index in [0.717, 1.165) is 5.56 Å².